The summed E-state index contributed by atoms with van der Waals surface area (Å²) in [5.41, 5.74) is 8.57. The molecule has 0 atom stereocenters. The van der Waals surface area contributed by atoms with E-state index in [4.69, 9.17) is 22.4 Å². The minimum Gasteiger partial charge on any atom is -0.447 e. The molecule has 0 saturated carbocycles. The van der Waals surface area contributed by atoms with Crippen LogP contribution in [0.25, 0.3) is 0 Å². The molecule has 0 amide bonds. The third kappa shape index (κ3) is 2.99. The second-order valence-corrected chi connectivity index (χ2v) is 4.99. The summed E-state index contributed by atoms with van der Waals surface area (Å²) in [7, 11) is 0. The number of Topliss-reactive ketones (excluding diaryl/α,β-unsaturated/α-hetero) is 1. The zero-order chi connectivity index (χ0) is 16.4. The van der Waals surface area contributed by atoms with E-state index >= 15 is 0 Å². The van der Waals surface area contributed by atoms with Crippen LogP contribution in [-0.2, 0) is 6.54 Å². The van der Waals surface area contributed by atoms with Crippen LogP contribution in [0.3, 0.4) is 0 Å². The van der Waals surface area contributed by atoms with Gasteiger partial charge in [0.1, 0.15) is 12.4 Å². The Hall–Kier alpha value is -2.94. The topological polar surface area (TPSA) is 91.0 Å². The second kappa shape index (κ2) is 6.05. The van der Waals surface area contributed by atoms with Crippen LogP contribution in [0.15, 0.2) is 47.1 Å². The van der Waals surface area contributed by atoms with E-state index in [2.05, 4.69) is 10.5 Å². The first kappa shape index (κ1) is 15.0. The van der Waals surface area contributed by atoms with Crippen LogP contribution in [0, 0.1) is 10.6 Å². The average Bonchev–Trinajstić information content (AvgIpc) is 3.12. The van der Waals surface area contributed by atoms with E-state index in [1.54, 1.807) is 18.2 Å². The number of ketones is 1. The predicted molar refractivity (Wildman–Crippen MR) is 83.9 cm³/mol. The van der Waals surface area contributed by atoms with Gasteiger partial charge in [0.05, 0.1) is 11.8 Å². The second-order valence-electron chi connectivity index (χ2n) is 4.63. The lowest BCUT2D eigenvalue weighted by atomic mass is 10.1. The van der Waals surface area contributed by atoms with Crippen LogP contribution in [-0.4, -0.2) is 20.2 Å². The van der Waals surface area contributed by atoms with Crippen molar-refractivity contribution >= 4 is 29.8 Å². The van der Waals surface area contributed by atoms with Gasteiger partial charge in [0.25, 0.3) is 0 Å². The smallest absolute Gasteiger partial charge is 0.240 e. The van der Waals surface area contributed by atoms with Crippen molar-refractivity contribution in [1.29, 1.82) is 0 Å². The molecule has 3 rings (SSSR count). The number of benzene rings is 1. The summed E-state index contributed by atoms with van der Waals surface area (Å²) in [5.74, 6) is -0.590. The number of anilines is 2. The number of halogens is 1. The maximum Gasteiger partial charge on any atom is 0.240 e. The summed E-state index contributed by atoms with van der Waals surface area (Å²) >= 11 is 5.22. The van der Waals surface area contributed by atoms with Gasteiger partial charge in [-0.3, -0.25) is 10.2 Å². The fourth-order valence-corrected chi connectivity index (χ4v) is 2.24. The number of nitrogen functional groups attached to an aromatic ring is 1. The number of rotatable bonds is 5. The molecule has 0 aliphatic heterocycles. The van der Waals surface area contributed by atoms with E-state index in [-0.39, 0.29) is 22.8 Å². The number of hydrogen-bond acceptors (Lipinski definition) is 6. The highest BCUT2D eigenvalue weighted by molar-refractivity contribution is 7.71. The zero-order valence-corrected chi connectivity index (χ0v) is 12.6. The summed E-state index contributed by atoms with van der Waals surface area (Å²) in [5, 5.41) is 3.99. The summed E-state index contributed by atoms with van der Waals surface area (Å²) in [4.78, 5) is 12.2. The van der Waals surface area contributed by atoms with Gasteiger partial charge in [-0.2, -0.15) is 4.68 Å². The molecule has 1 aromatic carbocycles. The van der Waals surface area contributed by atoms with Crippen molar-refractivity contribution in [3.05, 3.63) is 58.8 Å². The van der Waals surface area contributed by atoms with Gasteiger partial charge in [-0.05, 0) is 30.4 Å². The largest absolute Gasteiger partial charge is 0.447 e. The maximum absolute atomic E-state index is 13.6. The first-order chi connectivity index (χ1) is 11.1. The Morgan fingerprint density at radius 1 is 1.35 bits per heavy atom. The Labute approximate surface area is 135 Å². The summed E-state index contributed by atoms with van der Waals surface area (Å²) < 4.78 is 21.5. The number of carbonyl (C=O) groups is 1. The van der Waals surface area contributed by atoms with Gasteiger partial charge in [0.15, 0.2) is 5.78 Å². The quantitative estimate of drug-likeness (QED) is 0.551. The molecule has 0 unspecified atom stereocenters. The fourth-order valence-electron chi connectivity index (χ4n) is 1.99. The van der Waals surface area contributed by atoms with Crippen molar-refractivity contribution in [3.8, 4) is 0 Å². The number of nitrogens with zero attached hydrogens (tertiary/aromatic N) is 3. The lowest BCUT2D eigenvalue weighted by Crippen LogP contribution is -2.15. The highest BCUT2D eigenvalue weighted by atomic mass is 32.1. The maximum atomic E-state index is 13.6. The SMILES string of the molecule is Nc1nn(CC(=O)c2ccccc2F)c(=S)n1Nc1ccco1. The summed E-state index contributed by atoms with van der Waals surface area (Å²) in [6, 6.07) is 9.08. The number of nitrogens with two attached hydrogens (primary N) is 1. The minimum absolute atomic E-state index is 0.0264. The van der Waals surface area contributed by atoms with Crippen LogP contribution >= 0.6 is 12.2 Å². The standard InChI is InChI=1S/C14H12FN5O2S/c15-10-5-2-1-4-9(10)11(21)8-19-14(23)20(13(16)18-19)17-12-6-3-7-22-12/h1-7,17H,8H2,(H2,16,18). The molecule has 118 valence electrons. The number of carbonyl (C=O) groups excluding carboxylic acids is 1. The molecule has 0 radical (unpaired) electrons. The third-order valence-electron chi connectivity index (χ3n) is 3.08. The lowest BCUT2D eigenvalue weighted by Gasteiger charge is -2.04. The molecule has 7 nitrogen and oxygen atoms in total. The molecule has 9 heteroatoms. The first-order valence-corrected chi connectivity index (χ1v) is 7.00. The number of furan rings is 1. The highest BCUT2D eigenvalue weighted by Gasteiger charge is 2.15. The van der Waals surface area contributed by atoms with Gasteiger partial charge in [-0.25, -0.2) is 9.07 Å². The first-order valence-electron chi connectivity index (χ1n) is 6.60. The van der Waals surface area contributed by atoms with Crippen LogP contribution in [0.2, 0.25) is 0 Å². The van der Waals surface area contributed by atoms with Crippen LogP contribution in [0.1, 0.15) is 10.4 Å². The summed E-state index contributed by atoms with van der Waals surface area (Å²) in [6.07, 6.45) is 1.48. The molecule has 3 aromatic rings. The van der Waals surface area contributed by atoms with E-state index in [0.717, 1.165) is 0 Å². The molecule has 0 aliphatic carbocycles. The van der Waals surface area contributed by atoms with Crippen molar-refractivity contribution in [2.75, 3.05) is 11.2 Å². The van der Waals surface area contributed by atoms with Gasteiger partial charge in [0.2, 0.25) is 16.6 Å². The van der Waals surface area contributed by atoms with Crippen LogP contribution in [0.5, 0.6) is 0 Å². The van der Waals surface area contributed by atoms with Crippen molar-refractivity contribution in [3.63, 3.8) is 0 Å². The third-order valence-corrected chi connectivity index (χ3v) is 3.47. The molecule has 0 fully saturated rings. The Kier molecular flexibility index (Phi) is 3.94. The van der Waals surface area contributed by atoms with E-state index in [9.17, 15) is 9.18 Å². The van der Waals surface area contributed by atoms with Crippen molar-refractivity contribution in [2.24, 2.45) is 0 Å². The number of aromatic nitrogens is 3. The molecule has 0 spiro atoms. The molecular formula is C14H12FN5O2S. The van der Waals surface area contributed by atoms with E-state index in [0.29, 0.717) is 5.88 Å². The van der Waals surface area contributed by atoms with Gasteiger partial charge in [-0.15, -0.1) is 5.10 Å². The lowest BCUT2D eigenvalue weighted by molar-refractivity contribution is 0.0963. The Bertz CT molecular complexity index is 900. The highest BCUT2D eigenvalue weighted by Crippen LogP contribution is 2.12. The molecule has 2 heterocycles. The minimum atomic E-state index is -0.592. The predicted octanol–water partition coefficient (Wildman–Crippen LogP) is 2.49. The van der Waals surface area contributed by atoms with E-state index in [1.165, 1.54) is 33.8 Å². The van der Waals surface area contributed by atoms with E-state index in [1.807, 2.05) is 0 Å². The Morgan fingerprint density at radius 2 is 2.13 bits per heavy atom. The van der Waals surface area contributed by atoms with Gasteiger partial charge < -0.3 is 10.2 Å². The van der Waals surface area contributed by atoms with Gasteiger partial charge in [-0.1, -0.05) is 12.1 Å². The number of nitrogens with one attached hydrogen (secondary N) is 1. The van der Waals surface area contributed by atoms with Gasteiger partial charge in [0, 0.05) is 6.07 Å². The zero-order valence-electron chi connectivity index (χ0n) is 11.8. The molecule has 0 bridgehead atoms. The van der Waals surface area contributed by atoms with Crippen LogP contribution in [0.4, 0.5) is 16.2 Å². The molecule has 23 heavy (non-hydrogen) atoms. The normalized spacial score (nSPS) is 10.7. The van der Waals surface area contributed by atoms with Gasteiger partial charge >= 0.3 is 0 Å². The fraction of sp³-hybridized carbons (Fsp3) is 0.0714. The summed E-state index contributed by atoms with van der Waals surface area (Å²) in [6.45, 7) is -0.225. The van der Waals surface area contributed by atoms with Crippen molar-refractivity contribution in [1.82, 2.24) is 14.5 Å². The Balaban J connectivity index is 1.86. The van der Waals surface area contributed by atoms with Crippen molar-refractivity contribution in [2.45, 2.75) is 6.54 Å². The molecular weight excluding hydrogens is 321 g/mol. The monoisotopic (exact) mass is 333 g/mol. The van der Waals surface area contributed by atoms with E-state index < -0.39 is 11.6 Å². The van der Waals surface area contributed by atoms with Crippen molar-refractivity contribution < 1.29 is 13.6 Å². The number of hydrogen-bond donors (Lipinski definition) is 2. The Morgan fingerprint density at radius 3 is 2.83 bits per heavy atom. The molecule has 0 aliphatic rings. The average molecular weight is 333 g/mol. The molecule has 2 aromatic heterocycles. The van der Waals surface area contributed by atoms with Crippen LogP contribution < -0.4 is 11.2 Å². The molecule has 3 N–H and O–H groups in total. The molecule has 0 saturated heterocycles.